The Morgan fingerprint density at radius 1 is 1.47 bits per heavy atom. The molecule has 0 radical (unpaired) electrons. The number of hydrogen-bond acceptors (Lipinski definition) is 2. The van der Waals surface area contributed by atoms with Crippen molar-refractivity contribution in [3.63, 3.8) is 0 Å². The van der Waals surface area contributed by atoms with Gasteiger partial charge in [-0.25, -0.2) is 0 Å². The Morgan fingerprint density at radius 3 is 2.73 bits per heavy atom. The van der Waals surface area contributed by atoms with E-state index in [-0.39, 0.29) is 0 Å². The van der Waals surface area contributed by atoms with Crippen LogP contribution in [0, 0.1) is 5.92 Å². The second-order valence-electron chi connectivity index (χ2n) is 4.48. The van der Waals surface area contributed by atoms with E-state index in [1.165, 1.54) is 19.5 Å². The van der Waals surface area contributed by atoms with Crippen LogP contribution in [-0.2, 0) is 0 Å². The first-order valence-electron chi connectivity index (χ1n) is 5.89. The molecule has 0 aliphatic carbocycles. The van der Waals surface area contributed by atoms with Crippen molar-refractivity contribution in [2.24, 2.45) is 5.92 Å². The average Bonchev–Trinajstić information content (AvgIpc) is 2.63. The van der Waals surface area contributed by atoms with Gasteiger partial charge in [0.1, 0.15) is 0 Å². The zero-order valence-corrected chi connectivity index (χ0v) is 10.9. The summed E-state index contributed by atoms with van der Waals surface area (Å²) in [5.41, 5.74) is 0. The van der Waals surface area contributed by atoms with Crippen LogP contribution in [0.2, 0.25) is 0 Å². The lowest BCUT2D eigenvalue weighted by atomic mass is 10.1. The van der Waals surface area contributed by atoms with E-state index in [4.69, 9.17) is 12.2 Å². The predicted octanol–water partition coefficient (Wildman–Crippen LogP) is 1.20. The van der Waals surface area contributed by atoms with Gasteiger partial charge in [0.15, 0.2) is 5.11 Å². The van der Waals surface area contributed by atoms with Crippen LogP contribution in [-0.4, -0.2) is 42.2 Å². The highest BCUT2D eigenvalue weighted by Crippen LogP contribution is 2.17. The molecule has 1 saturated heterocycles. The fraction of sp³-hybridized carbons (Fsp3) is 0.909. The Labute approximate surface area is 98.6 Å². The summed E-state index contributed by atoms with van der Waals surface area (Å²) in [6, 6.07) is 0.677. The van der Waals surface area contributed by atoms with Crippen molar-refractivity contribution in [3.8, 4) is 0 Å². The molecule has 0 aromatic carbocycles. The molecule has 1 fully saturated rings. The molecule has 2 N–H and O–H groups in total. The molecule has 1 atom stereocenters. The highest BCUT2D eigenvalue weighted by Gasteiger charge is 2.23. The molecule has 1 unspecified atom stereocenters. The molecule has 1 aliphatic heterocycles. The predicted molar refractivity (Wildman–Crippen MR) is 69.1 cm³/mol. The highest BCUT2D eigenvalue weighted by molar-refractivity contribution is 7.80. The van der Waals surface area contributed by atoms with Gasteiger partial charge in [-0.05, 0) is 51.9 Å². The third-order valence-electron chi connectivity index (χ3n) is 2.94. The van der Waals surface area contributed by atoms with E-state index in [1.807, 2.05) is 0 Å². The van der Waals surface area contributed by atoms with Crippen LogP contribution in [0.1, 0.15) is 27.2 Å². The lowest BCUT2D eigenvalue weighted by Crippen LogP contribution is -2.38. The van der Waals surface area contributed by atoms with Gasteiger partial charge in [-0.3, -0.25) is 0 Å². The first-order chi connectivity index (χ1) is 7.13. The maximum absolute atomic E-state index is 5.13. The molecular weight excluding hydrogens is 206 g/mol. The number of hydrogen-bond donors (Lipinski definition) is 2. The molecule has 0 amide bonds. The number of thiocarbonyl (C=S) groups is 1. The minimum absolute atomic E-state index is 0.677. The standard InChI is InChI=1S/C11H23N3S/c1-4-12-11(15)13-7-10-5-6-14(8-10)9(2)3/h9-10H,4-8H2,1-3H3,(H2,12,13,15). The molecule has 1 heterocycles. The lowest BCUT2D eigenvalue weighted by Gasteiger charge is -2.20. The lowest BCUT2D eigenvalue weighted by molar-refractivity contribution is 0.265. The Kier molecular flexibility index (Phi) is 5.32. The Balaban J connectivity index is 2.16. The van der Waals surface area contributed by atoms with E-state index < -0.39 is 0 Å². The number of nitrogens with zero attached hydrogens (tertiary/aromatic N) is 1. The summed E-state index contributed by atoms with van der Waals surface area (Å²) >= 11 is 5.13. The third kappa shape index (κ3) is 4.34. The van der Waals surface area contributed by atoms with E-state index in [0.717, 1.165) is 24.1 Å². The molecule has 15 heavy (non-hydrogen) atoms. The van der Waals surface area contributed by atoms with Gasteiger partial charge >= 0.3 is 0 Å². The van der Waals surface area contributed by atoms with Gasteiger partial charge in [0.05, 0.1) is 0 Å². The van der Waals surface area contributed by atoms with Gasteiger partial charge in [-0.15, -0.1) is 0 Å². The molecule has 4 heteroatoms. The van der Waals surface area contributed by atoms with Crippen molar-refractivity contribution in [1.82, 2.24) is 15.5 Å². The summed E-state index contributed by atoms with van der Waals surface area (Å²) in [6.07, 6.45) is 1.29. The monoisotopic (exact) mass is 229 g/mol. The van der Waals surface area contributed by atoms with Gasteiger partial charge < -0.3 is 15.5 Å². The summed E-state index contributed by atoms with van der Waals surface area (Å²) in [6.45, 7) is 10.9. The van der Waals surface area contributed by atoms with Crippen LogP contribution >= 0.6 is 12.2 Å². The summed E-state index contributed by atoms with van der Waals surface area (Å²) in [7, 11) is 0. The first kappa shape index (κ1) is 12.7. The van der Waals surface area contributed by atoms with E-state index in [1.54, 1.807) is 0 Å². The van der Waals surface area contributed by atoms with E-state index >= 15 is 0 Å². The zero-order chi connectivity index (χ0) is 11.3. The van der Waals surface area contributed by atoms with Crippen molar-refractivity contribution >= 4 is 17.3 Å². The van der Waals surface area contributed by atoms with Gasteiger partial charge in [0.2, 0.25) is 0 Å². The molecular formula is C11H23N3S. The van der Waals surface area contributed by atoms with Crippen molar-refractivity contribution < 1.29 is 0 Å². The number of rotatable bonds is 4. The highest BCUT2D eigenvalue weighted by atomic mass is 32.1. The van der Waals surface area contributed by atoms with Crippen molar-refractivity contribution in [2.75, 3.05) is 26.2 Å². The largest absolute Gasteiger partial charge is 0.363 e. The van der Waals surface area contributed by atoms with Crippen LogP contribution < -0.4 is 10.6 Å². The summed E-state index contributed by atoms with van der Waals surface area (Å²) in [5.74, 6) is 0.754. The van der Waals surface area contributed by atoms with Crippen LogP contribution in [0.25, 0.3) is 0 Å². The molecule has 0 bridgehead atoms. The summed E-state index contributed by atoms with van der Waals surface area (Å²) in [4.78, 5) is 2.53. The van der Waals surface area contributed by atoms with Crippen LogP contribution in [0.4, 0.5) is 0 Å². The fourth-order valence-corrected chi connectivity index (χ4v) is 2.19. The third-order valence-corrected chi connectivity index (χ3v) is 3.22. The smallest absolute Gasteiger partial charge is 0.166 e. The zero-order valence-electron chi connectivity index (χ0n) is 10.0. The Bertz CT molecular complexity index is 206. The molecule has 1 aliphatic rings. The van der Waals surface area contributed by atoms with Gasteiger partial charge in [-0.2, -0.15) is 0 Å². The molecule has 0 spiro atoms. The molecule has 88 valence electrons. The molecule has 0 aromatic heterocycles. The van der Waals surface area contributed by atoms with Crippen molar-refractivity contribution in [1.29, 1.82) is 0 Å². The first-order valence-corrected chi connectivity index (χ1v) is 6.30. The number of nitrogens with one attached hydrogen (secondary N) is 2. The maximum atomic E-state index is 5.13. The van der Waals surface area contributed by atoms with Crippen LogP contribution in [0.15, 0.2) is 0 Å². The minimum atomic E-state index is 0.677. The van der Waals surface area contributed by atoms with Gasteiger partial charge in [0.25, 0.3) is 0 Å². The van der Waals surface area contributed by atoms with Gasteiger partial charge in [-0.1, -0.05) is 0 Å². The van der Waals surface area contributed by atoms with Crippen molar-refractivity contribution in [2.45, 2.75) is 33.2 Å². The van der Waals surface area contributed by atoms with E-state index in [9.17, 15) is 0 Å². The molecule has 3 nitrogen and oxygen atoms in total. The molecule has 1 rings (SSSR count). The maximum Gasteiger partial charge on any atom is 0.166 e. The Morgan fingerprint density at radius 2 is 2.20 bits per heavy atom. The van der Waals surface area contributed by atoms with Crippen molar-refractivity contribution in [3.05, 3.63) is 0 Å². The quantitative estimate of drug-likeness (QED) is 0.709. The fourth-order valence-electron chi connectivity index (χ4n) is 1.96. The molecule has 0 saturated carbocycles. The number of likely N-dealkylation sites (tertiary alicyclic amines) is 1. The van der Waals surface area contributed by atoms with Gasteiger partial charge in [0, 0.05) is 25.7 Å². The van der Waals surface area contributed by atoms with Crippen LogP contribution in [0.5, 0.6) is 0 Å². The Hall–Kier alpha value is -0.350. The average molecular weight is 229 g/mol. The van der Waals surface area contributed by atoms with E-state index in [0.29, 0.717) is 6.04 Å². The topological polar surface area (TPSA) is 27.3 Å². The normalized spacial score (nSPS) is 22.0. The SMILES string of the molecule is CCNC(=S)NCC1CCN(C(C)C)C1. The summed E-state index contributed by atoms with van der Waals surface area (Å²) in [5, 5.41) is 7.18. The second kappa shape index (κ2) is 6.28. The van der Waals surface area contributed by atoms with E-state index in [2.05, 4.69) is 36.3 Å². The minimum Gasteiger partial charge on any atom is -0.363 e. The van der Waals surface area contributed by atoms with Crippen LogP contribution in [0.3, 0.4) is 0 Å². The second-order valence-corrected chi connectivity index (χ2v) is 4.89. The molecule has 0 aromatic rings. The summed E-state index contributed by atoms with van der Waals surface area (Å²) < 4.78 is 0.